The molecule has 1 aromatic heterocycles. The normalized spacial score (nSPS) is 13.8. The summed E-state index contributed by atoms with van der Waals surface area (Å²) in [5.74, 6) is 0. The van der Waals surface area contributed by atoms with Gasteiger partial charge in [0.05, 0.1) is 0 Å². The van der Waals surface area contributed by atoms with Gasteiger partial charge in [0.1, 0.15) is 5.03 Å². The molecule has 2 nitrogen and oxygen atoms in total. The van der Waals surface area contributed by atoms with E-state index in [1.54, 1.807) is 0 Å². The van der Waals surface area contributed by atoms with Crippen LogP contribution in [-0.4, -0.2) is 28.5 Å². The molecule has 0 spiro atoms. The highest BCUT2D eigenvalue weighted by molar-refractivity contribution is 8.32. The third-order valence-electron chi connectivity index (χ3n) is 1.74. The van der Waals surface area contributed by atoms with Gasteiger partial charge in [0.25, 0.3) is 0 Å². The van der Waals surface area contributed by atoms with Crippen LogP contribution in [0.3, 0.4) is 0 Å². The third-order valence-corrected chi connectivity index (χ3v) is 3.21. The summed E-state index contributed by atoms with van der Waals surface area (Å²) in [6, 6.07) is 2.61. The molecule has 0 aromatic carbocycles. The molecule has 0 aliphatic carbocycles. The molecule has 1 aromatic rings. The Labute approximate surface area is 76.3 Å². The molecule has 0 unspecified atom stereocenters. The molecule has 0 aliphatic heterocycles. The molecule has 0 radical (unpaired) electrons. The summed E-state index contributed by atoms with van der Waals surface area (Å²) in [5.41, 5.74) is 0. The molecule has 1 heterocycles. The Bertz CT molecular complexity index is 258. The van der Waals surface area contributed by atoms with Gasteiger partial charge in [0.2, 0.25) is 0 Å². The molecular weight excluding hydrogens is 168 g/mol. The largest absolute Gasteiger partial charge is 0.269 e. The summed E-state index contributed by atoms with van der Waals surface area (Å²) >= 11 is 0. The van der Waals surface area contributed by atoms with Gasteiger partial charge in [-0.3, -0.25) is 4.68 Å². The molecule has 0 fully saturated rings. The van der Waals surface area contributed by atoms with E-state index in [0.717, 1.165) is 0 Å². The van der Waals surface area contributed by atoms with E-state index in [0.29, 0.717) is 6.04 Å². The van der Waals surface area contributed by atoms with Crippen molar-refractivity contribution in [3.05, 3.63) is 12.3 Å². The minimum atomic E-state index is -0.647. The molecule has 1 rings (SSSR count). The average molecular weight is 186 g/mol. The Morgan fingerprint density at radius 2 is 1.92 bits per heavy atom. The zero-order chi connectivity index (χ0) is 9.35. The van der Waals surface area contributed by atoms with Crippen LogP contribution in [-0.2, 0) is 0 Å². The predicted molar refractivity (Wildman–Crippen MR) is 56.2 cm³/mol. The lowest BCUT2D eigenvalue weighted by Crippen LogP contribution is -2.02. The number of nitrogens with zero attached hydrogens (tertiary/aromatic N) is 2. The quantitative estimate of drug-likeness (QED) is 0.694. The SMILES string of the molecule is CC(C)n1ccc(S(C)(C)C)n1. The monoisotopic (exact) mass is 186 g/mol. The first-order chi connectivity index (χ1) is 5.41. The first-order valence-corrected chi connectivity index (χ1v) is 7.00. The van der Waals surface area contributed by atoms with Crippen LogP contribution in [0.2, 0.25) is 0 Å². The Morgan fingerprint density at radius 1 is 1.33 bits per heavy atom. The topological polar surface area (TPSA) is 17.8 Å². The van der Waals surface area contributed by atoms with Crippen LogP contribution in [0.15, 0.2) is 17.3 Å². The summed E-state index contributed by atoms with van der Waals surface area (Å²) in [5, 5.41) is 5.78. The Morgan fingerprint density at radius 3 is 2.17 bits per heavy atom. The van der Waals surface area contributed by atoms with E-state index in [4.69, 9.17) is 0 Å². The fourth-order valence-electron chi connectivity index (χ4n) is 0.935. The highest BCUT2D eigenvalue weighted by Crippen LogP contribution is 2.43. The van der Waals surface area contributed by atoms with Crippen LogP contribution in [0.1, 0.15) is 19.9 Å². The zero-order valence-electron chi connectivity index (χ0n) is 8.53. The first kappa shape index (κ1) is 9.65. The van der Waals surface area contributed by atoms with E-state index in [-0.39, 0.29) is 0 Å². The van der Waals surface area contributed by atoms with Crippen molar-refractivity contribution in [2.24, 2.45) is 0 Å². The van der Waals surface area contributed by atoms with Crippen molar-refractivity contribution >= 4 is 10.0 Å². The predicted octanol–water partition coefficient (Wildman–Crippen LogP) is 2.52. The van der Waals surface area contributed by atoms with Crippen LogP contribution in [0.25, 0.3) is 0 Å². The summed E-state index contributed by atoms with van der Waals surface area (Å²) < 4.78 is 2.02. The fourth-order valence-corrected chi connectivity index (χ4v) is 1.74. The molecular formula is C9H18N2S. The second-order valence-electron chi connectivity index (χ2n) is 4.06. The molecule has 0 saturated carbocycles. The standard InChI is InChI=1S/C9H18N2S/c1-8(2)11-7-6-9(10-11)12(3,4)5/h6-8H,1-5H3. The summed E-state index contributed by atoms with van der Waals surface area (Å²) in [6.07, 6.45) is 8.86. The van der Waals surface area contributed by atoms with Crippen molar-refractivity contribution in [2.45, 2.75) is 24.9 Å². The molecule has 70 valence electrons. The van der Waals surface area contributed by atoms with Crippen LogP contribution in [0.5, 0.6) is 0 Å². The Balaban J connectivity index is 2.92. The lowest BCUT2D eigenvalue weighted by molar-refractivity contribution is 0.521. The Kier molecular flexibility index (Phi) is 2.52. The van der Waals surface area contributed by atoms with E-state index >= 15 is 0 Å². The molecule has 3 heteroatoms. The van der Waals surface area contributed by atoms with Crippen LogP contribution < -0.4 is 0 Å². The summed E-state index contributed by atoms with van der Waals surface area (Å²) in [7, 11) is -0.647. The van der Waals surface area contributed by atoms with Crippen LogP contribution >= 0.6 is 10.0 Å². The number of hydrogen-bond donors (Lipinski definition) is 0. The van der Waals surface area contributed by atoms with Gasteiger partial charge in [-0.1, -0.05) is 0 Å². The van der Waals surface area contributed by atoms with Gasteiger partial charge in [-0.25, -0.2) is 10.0 Å². The lowest BCUT2D eigenvalue weighted by Gasteiger charge is -2.21. The van der Waals surface area contributed by atoms with Crippen LogP contribution in [0.4, 0.5) is 0 Å². The van der Waals surface area contributed by atoms with Crippen molar-refractivity contribution in [3.63, 3.8) is 0 Å². The van der Waals surface area contributed by atoms with E-state index in [9.17, 15) is 0 Å². The van der Waals surface area contributed by atoms with Gasteiger partial charge in [0, 0.05) is 12.2 Å². The van der Waals surface area contributed by atoms with E-state index in [2.05, 4.69) is 50.0 Å². The maximum Gasteiger partial charge on any atom is 0.100 e. The third kappa shape index (κ3) is 2.03. The molecule has 0 saturated heterocycles. The molecule has 0 amide bonds. The van der Waals surface area contributed by atoms with E-state index in [1.165, 1.54) is 5.03 Å². The number of rotatable bonds is 2. The van der Waals surface area contributed by atoms with Crippen molar-refractivity contribution in [1.82, 2.24) is 9.78 Å². The molecule has 0 aliphatic rings. The van der Waals surface area contributed by atoms with Gasteiger partial charge in [0.15, 0.2) is 0 Å². The van der Waals surface area contributed by atoms with Crippen molar-refractivity contribution in [2.75, 3.05) is 18.8 Å². The minimum Gasteiger partial charge on any atom is -0.269 e. The Hall–Kier alpha value is -0.440. The molecule has 0 N–H and O–H groups in total. The smallest absolute Gasteiger partial charge is 0.100 e. The van der Waals surface area contributed by atoms with Gasteiger partial charge in [-0.2, -0.15) is 5.10 Å². The van der Waals surface area contributed by atoms with Gasteiger partial charge < -0.3 is 0 Å². The lowest BCUT2D eigenvalue weighted by atomic mass is 10.4. The summed E-state index contributed by atoms with van der Waals surface area (Å²) in [6.45, 7) is 4.30. The first-order valence-electron chi connectivity index (χ1n) is 4.15. The molecule has 0 bridgehead atoms. The second kappa shape index (κ2) is 3.13. The fraction of sp³-hybridized carbons (Fsp3) is 0.667. The maximum atomic E-state index is 4.53. The van der Waals surface area contributed by atoms with Crippen molar-refractivity contribution in [1.29, 1.82) is 0 Å². The van der Waals surface area contributed by atoms with Crippen LogP contribution in [0, 0.1) is 0 Å². The zero-order valence-corrected chi connectivity index (χ0v) is 9.35. The van der Waals surface area contributed by atoms with Gasteiger partial charge in [-0.15, -0.1) is 0 Å². The molecule has 0 atom stereocenters. The average Bonchev–Trinajstić information content (AvgIpc) is 2.30. The summed E-state index contributed by atoms with van der Waals surface area (Å²) in [4.78, 5) is 0. The highest BCUT2D eigenvalue weighted by Gasteiger charge is 2.11. The van der Waals surface area contributed by atoms with Crippen molar-refractivity contribution < 1.29 is 0 Å². The number of aromatic nitrogens is 2. The van der Waals surface area contributed by atoms with Gasteiger partial charge >= 0.3 is 0 Å². The second-order valence-corrected chi connectivity index (χ2v) is 8.16. The van der Waals surface area contributed by atoms with E-state index < -0.39 is 10.0 Å². The molecule has 12 heavy (non-hydrogen) atoms. The highest BCUT2D eigenvalue weighted by atomic mass is 32.3. The van der Waals surface area contributed by atoms with Gasteiger partial charge in [-0.05, 0) is 38.7 Å². The minimum absolute atomic E-state index is 0.473. The maximum absolute atomic E-state index is 4.53. The van der Waals surface area contributed by atoms with Crippen molar-refractivity contribution in [3.8, 4) is 0 Å². The van der Waals surface area contributed by atoms with E-state index in [1.807, 2.05) is 4.68 Å². The number of hydrogen-bond acceptors (Lipinski definition) is 1.